The van der Waals surface area contributed by atoms with Gasteiger partial charge >= 0.3 is 6.18 Å². The zero-order valence-electron chi connectivity index (χ0n) is 8.55. The molecule has 0 aliphatic heterocycles. The molecule has 0 saturated carbocycles. The summed E-state index contributed by atoms with van der Waals surface area (Å²) in [4.78, 5) is 3.81. The van der Waals surface area contributed by atoms with E-state index in [1.807, 2.05) is 0 Å². The van der Waals surface area contributed by atoms with Crippen molar-refractivity contribution in [2.24, 2.45) is 0 Å². The van der Waals surface area contributed by atoms with Crippen LogP contribution in [-0.2, 0) is 6.18 Å². The first-order chi connectivity index (χ1) is 8.29. The zero-order chi connectivity index (χ0) is 13.5. The van der Waals surface area contributed by atoms with Crippen LogP contribution in [0.1, 0.15) is 5.56 Å². The van der Waals surface area contributed by atoms with Crippen LogP contribution >= 0.6 is 22.9 Å². The molecule has 1 heterocycles. The molecule has 2 nitrogen and oxygen atoms in total. The predicted molar refractivity (Wildman–Crippen MR) is 61.9 cm³/mol. The Morgan fingerprint density at radius 1 is 1.28 bits per heavy atom. The molecule has 1 aromatic carbocycles. The van der Waals surface area contributed by atoms with Crippen LogP contribution in [0.5, 0.6) is 0 Å². The molecule has 18 heavy (non-hydrogen) atoms. The van der Waals surface area contributed by atoms with Gasteiger partial charge in [0.2, 0.25) is 0 Å². The number of nitrogen functional groups attached to an aromatic ring is 1. The van der Waals surface area contributed by atoms with Crippen molar-refractivity contribution < 1.29 is 17.6 Å². The lowest BCUT2D eigenvalue weighted by molar-refractivity contribution is -0.139. The number of thiazole rings is 1. The second kappa shape index (κ2) is 4.40. The third kappa shape index (κ3) is 2.41. The first-order valence-corrected chi connectivity index (χ1v) is 5.77. The summed E-state index contributed by atoms with van der Waals surface area (Å²) < 4.78 is 50.9. The van der Waals surface area contributed by atoms with Crippen molar-refractivity contribution in [2.45, 2.75) is 6.18 Å². The zero-order valence-corrected chi connectivity index (χ0v) is 10.1. The third-order valence-electron chi connectivity index (χ3n) is 2.15. The van der Waals surface area contributed by atoms with Crippen LogP contribution in [0.25, 0.3) is 11.3 Å². The number of alkyl halides is 3. The summed E-state index contributed by atoms with van der Waals surface area (Å²) >= 11 is 6.73. The molecule has 0 radical (unpaired) electrons. The fourth-order valence-electron chi connectivity index (χ4n) is 1.38. The quantitative estimate of drug-likeness (QED) is 0.801. The van der Waals surface area contributed by atoms with Crippen LogP contribution in [0.2, 0.25) is 4.34 Å². The van der Waals surface area contributed by atoms with Gasteiger partial charge in [0.1, 0.15) is 15.8 Å². The van der Waals surface area contributed by atoms with Crippen LogP contribution < -0.4 is 5.73 Å². The molecule has 0 fully saturated rings. The lowest BCUT2D eigenvalue weighted by atomic mass is 10.1. The average molecular weight is 297 g/mol. The number of hydrogen-bond acceptors (Lipinski definition) is 3. The molecule has 0 spiro atoms. The molecule has 96 valence electrons. The minimum Gasteiger partial charge on any atom is -0.375 e. The number of nitrogens with zero attached hydrogens (tertiary/aromatic N) is 1. The molecule has 2 N–H and O–H groups in total. The molecule has 0 saturated heterocycles. The highest BCUT2D eigenvalue weighted by atomic mass is 35.5. The Bertz CT molecular complexity index is 594. The molecule has 2 rings (SSSR count). The van der Waals surface area contributed by atoms with Crippen molar-refractivity contribution in [3.63, 3.8) is 0 Å². The maximum Gasteiger partial charge on any atom is 0.419 e. The Morgan fingerprint density at radius 3 is 2.44 bits per heavy atom. The number of nitrogens with two attached hydrogens (primary N) is 1. The van der Waals surface area contributed by atoms with Crippen molar-refractivity contribution in [1.82, 2.24) is 4.98 Å². The standard InChI is InChI=1S/C10H5ClF4N2S/c11-8-7(17-9(16)18-8)4-1-2-6(12)5(3-4)10(13,14)15/h1-3H,(H2,16,17). The Balaban J connectivity index is 2.57. The molecular formula is C10H5ClF4N2S. The lowest BCUT2D eigenvalue weighted by Gasteiger charge is -2.09. The van der Waals surface area contributed by atoms with Crippen molar-refractivity contribution in [3.05, 3.63) is 33.9 Å². The van der Waals surface area contributed by atoms with Gasteiger partial charge in [-0.1, -0.05) is 22.9 Å². The van der Waals surface area contributed by atoms with E-state index in [1.54, 1.807) is 0 Å². The number of rotatable bonds is 1. The SMILES string of the molecule is Nc1nc(-c2ccc(F)c(C(F)(F)F)c2)c(Cl)s1. The predicted octanol–water partition coefficient (Wildman–Crippen LogP) is 4.20. The molecule has 0 bridgehead atoms. The summed E-state index contributed by atoms with van der Waals surface area (Å²) in [5.74, 6) is -1.34. The van der Waals surface area contributed by atoms with Gasteiger partial charge in [0, 0.05) is 5.56 Å². The van der Waals surface area contributed by atoms with Crippen LogP contribution in [0.3, 0.4) is 0 Å². The Kier molecular flexibility index (Phi) is 3.20. The van der Waals surface area contributed by atoms with Crippen molar-refractivity contribution in [2.75, 3.05) is 5.73 Å². The first kappa shape index (κ1) is 13.1. The molecule has 0 amide bonds. The summed E-state index contributed by atoms with van der Waals surface area (Å²) in [7, 11) is 0. The second-order valence-electron chi connectivity index (χ2n) is 3.37. The molecule has 0 atom stereocenters. The highest BCUT2D eigenvalue weighted by molar-refractivity contribution is 7.19. The smallest absolute Gasteiger partial charge is 0.375 e. The molecule has 0 aliphatic carbocycles. The minimum atomic E-state index is -4.77. The van der Waals surface area contributed by atoms with E-state index in [4.69, 9.17) is 17.3 Å². The van der Waals surface area contributed by atoms with E-state index < -0.39 is 17.6 Å². The molecule has 0 aliphatic rings. The number of aromatic nitrogens is 1. The fraction of sp³-hybridized carbons (Fsp3) is 0.100. The number of anilines is 1. The van der Waals surface area contributed by atoms with E-state index in [0.717, 1.165) is 17.4 Å². The summed E-state index contributed by atoms with van der Waals surface area (Å²) in [5, 5.41) is 0.132. The third-order valence-corrected chi connectivity index (χ3v) is 3.23. The summed E-state index contributed by atoms with van der Waals surface area (Å²) in [6.45, 7) is 0. The number of halogens is 5. The molecule has 8 heteroatoms. The van der Waals surface area contributed by atoms with Gasteiger partial charge in [-0.05, 0) is 18.2 Å². The van der Waals surface area contributed by atoms with Crippen molar-refractivity contribution in [1.29, 1.82) is 0 Å². The van der Waals surface area contributed by atoms with Crippen molar-refractivity contribution in [3.8, 4) is 11.3 Å². The van der Waals surface area contributed by atoms with Gasteiger partial charge in [0.05, 0.1) is 5.56 Å². The van der Waals surface area contributed by atoms with Gasteiger partial charge in [-0.15, -0.1) is 0 Å². The number of benzene rings is 1. The summed E-state index contributed by atoms with van der Waals surface area (Å²) in [6.07, 6.45) is -4.77. The summed E-state index contributed by atoms with van der Waals surface area (Å²) in [5.41, 5.74) is 4.22. The summed E-state index contributed by atoms with van der Waals surface area (Å²) in [6, 6.07) is 2.56. The lowest BCUT2D eigenvalue weighted by Crippen LogP contribution is -2.08. The van der Waals surface area contributed by atoms with Crippen LogP contribution in [-0.4, -0.2) is 4.98 Å². The Hall–Kier alpha value is -1.34. The van der Waals surface area contributed by atoms with Gasteiger partial charge in [0.25, 0.3) is 0 Å². The molecule has 0 unspecified atom stereocenters. The largest absolute Gasteiger partial charge is 0.419 e. The van der Waals surface area contributed by atoms with Crippen molar-refractivity contribution >= 4 is 28.1 Å². The average Bonchev–Trinajstić information content (AvgIpc) is 2.57. The maximum atomic E-state index is 13.1. The van der Waals surface area contributed by atoms with Gasteiger partial charge in [-0.2, -0.15) is 13.2 Å². The Labute approximate surface area is 108 Å². The molecule has 2 aromatic rings. The van der Waals surface area contributed by atoms with Gasteiger partial charge < -0.3 is 5.73 Å². The van der Waals surface area contributed by atoms with Crippen LogP contribution in [0.4, 0.5) is 22.7 Å². The minimum absolute atomic E-state index is 0.0710. The van der Waals surface area contributed by atoms with E-state index >= 15 is 0 Å². The fourth-order valence-corrected chi connectivity index (χ4v) is 2.35. The van der Waals surface area contributed by atoms with Gasteiger partial charge in [-0.3, -0.25) is 0 Å². The van der Waals surface area contributed by atoms with E-state index in [9.17, 15) is 17.6 Å². The first-order valence-electron chi connectivity index (χ1n) is 4.58. The monoisotopic (exact) mass is 296 g/mol. The highest BCUT2D eigenvalue weighted by Crippen LogP contribution is 2.38. The second-order valence-corrected chi connectivity index (χ2v) is 5.00. The maximum absolute atomic E-state index is 13.1. The molecular weight excluding hydrogens is 292 g/mol. The normalized spacial score (nSPS) is 11.8. The van der Waals surface area contributed by atoms with Crippen LogP contribution in [0.15, 0.2) is 18.2 Å². The number of hydrogen-bond donors (Lipinski definition) is 1. The van der Waals surface area contributed by atoms with E-state index in [0.29, 0.717) is 6.07 Å². The van der Waals surface area contributed by atoms with Crippen LogP contribution in [0, 0.1) is 5.82 Å². The van der Waals surface area contributed by atoms with E-state index in [1.165, 1.54) is 6.07 Å². The topological polar surface area (TPSA) is 38.9 Å². The molecule has 1 aromatic heterocycles. The Morgan fingerprint density at radius 2 is 1.94 bits per heavy atom. The highest BCUT2D eigenvalue weighted by Gasteiger charge is 2.34. The van der Waals surface area contributed by atoms with E-state index in [-0.39, 0.29) is 20.7 Å². The van der Waals surface area contributed by atoms with Gasteiger partial charge in [-0.25, -0.2) is 9.37 Å². The van der Waals surface area contributed by atoms with E-state index in [2.05, 4.69) is 4.98 Å². The van der Waals surface area contributed by atoms with Gasteiger partial charge in [0.15, 0.2) is 5.13 Å².